The van der Waals surface area contributed by atoms with Gasteiger partial charge in [-0.2, -0.15) is 0 Å². The molecule has 2 aliphatic carbocycles. The minimum atomic E-state index is 0.312. The predicted octanol–water partition coefficient (Wildman–Crippen LogP) is 4.57. The van der Waals surface area contributed by atoms with Gasteiger partial charge >= 0.3 is 0 Å². The smallest absolute Gasteiger partial charge is 0.115 e. The first kappa shape index (κ1) is 15.5. The summed E-state index contributed by atoms with van der Waals surface area (Å²) < 4.78 is 0. The van der Waals surface area contributed by atoms with Gasteiger partial charge < -0.3 is 10.0 Å². The molecule has 2 saturated carbocycles. The van der Waals surface area contributed by atoms with Gasteiger partial charge in [-0.05, 0) is 74.1 Å². The molecule has 3 unspecified atom stereocenters. The summed E-state index contributed by atoms with van der Waals surface area (Å²) in [5.74, 6) is 3.00. The fourth-order valence-electron chi connectivity index (χ4n) is 5.51. The highest BCUT2D eigenvalue weighted by molar-refractivity contribution is 5.35. The minimum Gasteiger partial charge on any atom is -0.508 e. The molecule has 1 aliphatic heterocycles. The summed E-state index contributed by atoms with van der Waals surface area (Å²) in [5.41, 5.74) is 1.71. The van der Waals surface area contributed by atoms with Crippen LogP contribution in [-0.2, 0) is 5.41 Å². The molecule has 3 fully saturated rings. The van der Waals surface area contributed by atoms with E-state index in [0.717, 1.165) is 17.8 Å². The third kappa shape index (κ3) is 2.91. The Kier molecular flexibility index (Phi) is 4.13. The number of hydrogen-bond acceptors (Lipinski definition) is 2. The van der Waals surface area contributed by atoms with Crippen molar-refractivity contribution in [1.82, 2.24) is 4.90 Å². The Morgan fingerprint density at radius 1 is 1.22 bits per heavy atom. The number of phenolic OH excluding ortho intramolecular Hbond substituents is 1. The van der Waals surface area contributed by atoms with Crippen molar-refractivity contribution >= 4 is 0 Å². The molecular weight excluding hydrogens is 282 g/mol. The standard InChI is InChI=1S/C21H31NO/c1-16-8-9-19-15-22(14-17-4-2-5-17)11-10-21(19,13-16)18-6-3-7-20(23)12-18/h3,6-7,12,16-17,19,23H,2,4-5,8-11,13-15H2,1H3. The maximum absolute atomic E-state index is 10.00. The first-order valence-electron chi connectivity index (χ1n) is 9.67. The Balaban J connectivity index is 1.57. The van der Waals surface area contributed by atoms with Crippen LogP contribution in [0.25, 0.3) is 0 Å². The third-order valence-electron chi connectivity index (χ3n) is 7.02. The molecule has 1 aromatic rings. The van der Waals surface area contributed by atoms with Gasteiger partial charge in [0.2, 0.25) is 0 Å². The molecule has 2 heteroatoms. The molecule has 0 spiro atoms. The van der Waals surface area contributed by atoms with Crippen LogP contribution in [0.2, 0.25) is 0 Å². The number of phenols is 1. The Hall–Kier alpha value is -1.02. The number of likely N-dealkylation sites (tertiary alicyclic amines) is 1. The summed E-state index contributed by atoms with van der Waals surface area (Å²) in [7, 11) is 0. The van der Waals surface area contributed by atoms with Crippen LogP contribution in [0.15, 0.2) is 24.3 Å². The SMILES string of the molecule is CC1CCC2CN(CC3CCC3)CCC2(c2cccc(O)c2)C1. The average molecular weight is 313 g/mol. The molecular formula is C21H31NO. The van der Waals surface area contributed by atoms with Gasteiger partial charge in [0.15, 0.2) is 0 Å². The Morgan fingerprint density at radius 3 is 2.83 bits per heavy atom. The van der Waals surface area contributed by atoms with Crippen molar-refractivity contribution in [1.29, 1.82) is 0 Å². The maximum Gasteiger partial charge on any atom is 0.115 e. The minimum absolute atomic E-state index is 0.312. The van der Waals surface area contributed by atoms with E-state index < -0.39 is 0 Å². The van der Waals surface area contributed by atoms with E-state index in [9.17, 15) is 5.11 Å². The fraction of sp³-hybridized carbons (Fsp3) is 0.714. The second-order valence-corrected chi connectivity index (χ2v) is 8.60. The van der Waals surface area contributed by atoms with Crippen molar-refractivity contribution in [2.45, 2.75) is 57.3 Å². The van der Waals surface area contributed by atoms with Crippen LogP contribution < -0.4 is 0 Å². The van der Waals surface area contributed by atoms with Crippen molar-refractivity contribution in [3.8, 4) is 5.75 Å². The Bertz CT molecular complexity index is 553. The lowest BCUT2D eigenvalue weighted by Crippen LogP contribution is -2.53. The number of aromatic hydroxyl groups is 1. The van der Waals surface area contributed by atoms with Crippen molar-refractivity contribution in [3.05, 3.63) is 29.8 Å². The monoisotopic (exact) mass is 313 g/mol. The number of piperidine rings is 1. The van der Waals surface area contributed by atoms with Gasteiger partial charge in [-0.25, -0.2) is 0 Å². The zero-order valence-corrected chi connectivity index (χ0v) is 14.5. The summed E-state index contributed by atoms with van der Waals surface area (Å²) in [5, 5.41) is 10.00. The van der Waals surface area contributed by atoms with E-state index in [1.54, 1.807) is 0 Å². The van der Waals surface area contributed by atoms with E-state index in [4.69, 9.17) is 0 Å². The molecule has 23 heavy (non-hydrogen) atoms. The molecule has 1 N–H and O–H groups in total. The van der Waals surface area contributed by atoms with Gasteiger partial charge in [0.1, 0.15) is 5.75 Å². The molecule has 3 aliphatic rings. The topological polar surface area (TPSA) is 23.5 Å². The second-order valence-electron chi connectivity index (χ2n) is 8.60. The molecule has 1 aromatic carbocycles. The lowest BCUT2D eigenvalue weighted by Gasteiger charge is -2.53. The van der Waals surface area contributed by atoms with Crippen LogP contribution in [0.3, 0.4) is 0 Å². The quantitative estimate of drug-likeness (QED) is 0.883. The third-order valence-corrected chi connectivity index (χ3v) is 7.02. The summed E-state index contributed by atoms with van der Waals surface area (Å²) in [4.78, 5) is 2.76. The molecule has 0 radical (unpaired) electrons. The first-order chi connectivity index (χ1) is 11.2. The molecule has 4 rings (SSSR count). The van der Waals surface area contributed by atoms with Gasteiger partial charge in [-0.3, -0.25) is 0 Å². The molecule has 126 valence electrons. The zero-order valence-electron chi connectivity index (χ0n) is 14.5. The van der Waals surface area contributed by atoms with E-state index in [1.165, 1.54) is 70.1 Å². The number of benzene rings is 1. The highest BCUT2D eigenvalue weighted by Gasteiger charge is 2.47. The molecule has 1 heterocycles. The van der Waals surface area contributed by atoms with Crippen LogP contribution in [0.4, 0.5) is 0 Å². The number of fused-ring (bicyclic) bond motifs is 1. The number of hydrogen-bond donors (Lipinski definition) is 1. The largest absolute Gasteiger partial charge is 0.508 e. The number of rotatable bonds is 3. The highest BCUT2D eigenvalue weighted by atomic mass is 16.3. The van der Waals surface area contributed by atoms with Gasteiger partial charge in [-0.15, -0.1) is 0 Å². The molecule has 2 nitrogen and oxygen atoms in total. The average Bonchev–Trinajstić information content (AvgIpc) is 2.51. The van der Waals surface area contributed by atoms with E-state index in [0.29, 0.717) is 11.2 Å². The maximum atomic E-state index is 10.00. The van der Waals surface area contributed by atoms with Crippen molar-refractivity contribution < 1.29 is 5.11 Å². The normalized spacial score (nSPS) is 35.5. The molecule has 0 aromatic heterocycles. The predicted molar refractivity (Wildman–Crippen MR) is 94.7 cm³/mol. The molecule has 0 amide bonds. The van der Waals surface area contributed by atoms with E-state index in [1.807, 2.05) is 18.2 Å². The molecule has 3 atom stereocenters. The summed E-state index contributed by atoms with van der Waals surface area (Å²) in [6.45, 7) is 6.28. The number of nitrogens with zero attached hydrogens (tertiary/aromatic N) is 1. The fourth-order valence-corrected chi connectivity index (χ4v) is 5.51. The van der Waals surface area contributed by atoms with E-state index in [-0.39, 0.29) is 0 Å². The zero-order chi connectivity index (χ0) is 15.9. The highest BCUT2D eigenvalue weighted by Crippen LogP contribution is 2.51. The van der Waals surface area contributed by atoms with Crippen LogP contribution >= 0.6 is 0 Å². The first-order valence-corrected chi connectivity index (χ1v) is 9.67. The van der Waals surface area contributed by atoms with Crippen molar-refractivity contribution in [2.24, 2.45) is 17.8 Å². The second kappa shape index (κ2) is 6.12. The summed E-state index contributed by atoms with van der Waals surface area (Å²) in [6.07, 6.45) is 9.68. The molecule has 0 bridgehead atoms. The van der Waals surface area contributed by atoms with Gasteiger partial charge in [-0.1, -0.05) is 31.9 Å². The Morgan fingerprint density at radius 2 is 2.09 bits per heavy atom. The lowest BCUT2D eigenvalue weighted by atomic mass is 9.57. The van der Waals surface area contributed by atoms with Crippen LogP contribution in [0, 0.1) is 17.8 Å². The van der Waals surface area contributed by atoms with E-state index >= 15 is 0 Å². The van der Waals surface area contributed by atoms with Gasteiger partial charge in [0.25, 0.3) is 0 Å². The van der Waals surface area contributed by atoms with Gasteiger partial charge in [0, 0.05) is 18.5 Å². The molecule has 1 saturated heterocycles. The lowest BCUT2D eigenvalue weighted by molar-refractivity contribution is 0.0248. The van der Waals surface area contributed by atoms with Crippen LogP contribution in [0.5, 0.6) is 5.75 Å². The van der Waals surface area contributed by atoms with Crippen LogP contribution in [-0.4, -0.2) is 29.6 Å². The summed E-state index contributed by atoms with van der Waals surface area (Å²) >= 11 is 0. The van der Waals surface area contributed by atoms with Gasteiger partial charge in [0.05, 0.1) is 0 Å². The summed E-state index contributed by atoms with van der Waals surface area (Å²) in [6, 6.07) is 8.17. The van der Waals surface area contributed by atoms with Crippen molar-refractivity contribution in [3.63, 3.8) is 0 Å². The van der Waals surface area contributed by atoms with Crippen LogP contribution in [0.1, 0.15) is 57.4 Å². The van der Waals surface area contributed by atoms with E-state index in [2.05, 4.69) is 17.9 Å². The Labute approximate surface area is 140 Å². The van der Waals surface area contributed by atoms with Crippen molar-refractivity contribution in [2.75, 3.05) is 19.6 Å².